The second-order valence-electron chi connectivity index (χ2n) is 5.27. The normalized spacial score (nSPS) is 25.8. The fraction of sp³-hybridized carbons (Fsp3) is 0.846. The average molecular weight is 256 g/mol. The van der Waals surface area contributed by atoms with E-state index in [1.165, 1.54) is 32.1 Å². The van der Waals surface area contributed by atoms with Crippen molar-refractivity contribution in [2.24, 2.45) is 5.92 Å². The number of nitrogens with zero attached hydrogens (tertiary/aromatic N) is 3. The molecule has 1 saturated carbocycles. The van der Waals surface area contributed by atoms with E-state index in [4.69, 9.17) is 11.6 Å². The fourth-order valence-electron chi connectivity index (χ4n) is 2.78. The number of aromatic nitrogens is 3. The molecule has 0 amide bonds. The molecule has 2 rings (SSSR count). The number of hydrogen-bond donors (Lipinski definition) is 0. The van der Waals surface area contributed by atoms with E-state index in [0.717, 1.165) is 24.6 Å². The molecule has 0 N–H and O–H groups in total. The molecule has 1 heterocycles. The Hall–Kier alpha value is -0.570. The molecule has 3 nitrogen and oxygen atoms in total. The Labute approximate surface area is 109 Å². The lowest BCUT2D eigenvalue weighted by atomic mass is 10.0. The van der Waals surface area contributed by atoms with Gasteiger partial charge >= 0.3 is 0 Å². The third-order valence-corrected chi connectivity index (χ3v) is 4.05. The minimum atomic E-state index is 0.518. The molecule has 1 aromatic heterocycles. The topological polar surface area (TPSA) is 30.7 Å². The van der Waals surface area contributed by atoms with Crippen molar-refractivity contribution in [3.8, 4) is 0 Å². The molecule has 0 saturated heterocycles. The van der Waals surface area contributed by atoms with Crippen molar-refractivity contribution >= 4 is 11.6 Å². The first-order chi connectivity index (χ1) is 8.22. The van der Waals surface area contributed by atoms with Crippen LogP contribution in [0, 0.1) is 5.92 Å². The van der Waals surface area contributed by atoms with Crippen LogP contribution in [0.2, 0.25) is 5.28 Å². The van der Waals surface area contributed by atoms with E-state index in [2.05, 4.69) is 28.6 Å². The van der Waals surface area contributed by atoms with Gasteiger partial charge in [0, 0.05) is 12.5 Å². The molecule has 1 aromatic rings. The molecule has 0 aromatic carbocycles. The van der Waals surface area contributed by atoms with Crippen LogP contribution >= 0.6 is 11.6 Å². The Morgan fingerprint density at radius 3 is 2.82 bits per heavy atom. The van der Waals surface area contributed by atoms with Crippen LogP contribution in [0.4, 0.5) is 0 Å². The zero-order chi connectivity index (χ0) is 12.3. The molecule has 0 bridgehead atoms. The van der Waals surface area contributed by atoms with Crippen LogP contribution in [0.3, 0.4) is 0 Å². The molecule has 1 aliphatic carbocycles. The van der Waals surface area contributed by atoms with Crippen molar-refractivity contribution in [1.82, 2.24) is 14.8 Å². The van der Waals surface area contributed by atoms with Gasteiger partial charge in [0.2, 0.25) is 5.28 Å². The molecule has 4 heteroatoms. The SMILES string of the molecule is CCCc1nnc(Cl)n1C1CCCC(C)CC1. The van der Waals surface area contributed by atoms with E-state index in [0.29, 0.717) is 11.3 Å². The summed E-state index contributed by atoms with van der Waals surface area (Å²) in [5, 5.41) is 8.83. The minimum Gasteiger partial charge on any atom is -0.299 e. The number of hydrogen-bond acceptors (Lipinski definition) is 2. The van der Waals surface area contributed by atoms with Gasteiger partial charge in [-0.2, -0.15) is 0 Å². The third-order valence-electron chi connectivity index (χ3n) is 3.79. The van der Waals surface area contributed by atoms with E-state index in [-0.39, 0.29) is 0 Å². The molecular weight excluding hydrogens is 234 g/mol. The van der Waals surface area contributed by atoms with Gasteiger partial charge < -0.3 is 0 Å². The second-order valence-corrected chi connectivity index (χ2v) is 5.61. The monoisotopic (exact) mass is 255 g/mol. The lowest BCUT2D eigenvalue weighted by Crippen LogP contribution is -2.12. The van der Waals surface area contributed by atoms with E-state index in [9.17, 15) is 0 Å². The lowest BCUT2D eigenvalue weighted by Gasteiger charge is -2.18. The number of rotatable bonds is 3. The van der Waals surface area contributed by atoms with Gasteiger partial charge in [-0.05, 0) is 43.2 Å². The smallest absolute Gasteiger partial charge is 0.225 e. The van der Waals surface area contributed by atoms with Gasteiger partial charge in [0.05, 0.1) is 0 Å². The van der Waals surface area contributed by atoms with Crippen molar-refractivity contribution < 1.29 is 0 Å². The third kappa shape index (κ3) is 3.01. The first-order valence-corrected chi connectivity index (χ1v) is 7.19. The highest BCUT2D eigenvalue weighted by atomic mass is 35.5. The molecule has 1 aliphatic rings. The molecular formula is C13H22ClN3. The summed E-state index contributed by atoms with van der Waals surface area (Å²) in [6.07, 6.45) is 8.45. The summed E-state index contributed by atoms with van der Waals surface area (Å²) in [6, 6.07) is 0.518. The highest BCUT2D eigenvalue weighted by Crippen LogP contribution is 2.32. The van der Waals surface area contributed by atoms with Crippen molar-refractivity contribution in [2.45, 2.75) is 64.8 Å². The predicted octanol–water partition coefficient (Wildman–Crippen LogP) is 4.03. The van der Waals surface area contributed by atoms with Crippen LogP contribution in [0.5, 0.6) is 0 Å². The highest BCUT2D eigenvalue weighted by molar-refractivity contribution is 6.28. The van der Waals surface area contributed by atoms with E-state index in [1.54, 1.807) is 0 Å². The summed E-state index contributed by atoms with van der Waals surface area (Å²) in [5.41, 5.74) is 0. The Morgan fingerprint density at radius 1 is 1.24 bits per heavy atom. The molecule has 1 fully saturated rings. The van der Waals surface area contributed by atoms with Gasteiger partial charge in [-0.1, -0.05) is 26.7 Å². The van der Waals surface area contributed by atoms with Crippen LogP contribution < -0.4 is 0 Å². The van der Waals surface area contributed by atoms with E-state index in [1.807, 2.05) is 0 Å². The zero-order valence-electron chi connectivity index (χ0n) is 10.8. The van der Waals surface area contributed by atoms with Gasteiger partial charge in [0.1, 0.15) is 5.82 Å². The summed E-state index contributed by atoms with van der Waals surface area (Å²) < 4.78 is 2.18. The molecule has 0 spiro atoms. The summed E-state index contributed by atoms with van der Waals surface area (Å²) in [6.45, 7) is 4.52. The van der Waals surface area contributed by atoms with Crippen molar-refractivity contribution in [3.63, 3.8) is 0 Å². The van der Waals surface area contributed by atoms with Gasteiger partial charge in [0.25, 0.3) is 0 Å². The first kappa shape index (κ1) is 12.9. The van der Waals surface area contributed by atoms with Crippen molar-refractivity contribution in [3.05, 3.63) is 11.1 Å². The maximum atomic E-state index is 6.19. The highest BCUT2D eigenvalue weighted by Gasteiger charge is 2.22. The minimum absolute atomic E-state index is 0.518. The Bertz CT molecular complexity index is 362. The maximum absolute atomic E-state index is 6.19. The van der Waals surface area contributed by atoms with Crippen LogP contribution in [-0.4, -0.2) is 14.8 Å². The van der Waals surface area contributed by atoms with Gasteiger partial charge in [-0.15, -0.1) is 10.2 Å². The zero-order valence-corrected chi connectivity index (χ0v) is 11.6. The summed E-state index contributed by atoms with van der Waals surface area (Å²) in [4.78, 5) is 0. The Balaban J connectivity index is 2.17. The van der Waals surface area contributed by atoms with Gasteiger partial charge in [-0.3, -0.25) is 4.57 Å². The largest absolute Gasteiger partial charge is 0.299 e. The van der Waals surface area contributed by atoms with E-state index < -0.39 is 0 Å². The van der Waals surface area contributed by atoms with E-state index >= 15 is 0 Å². The Kier molecular flexibility index (Phi) is 4.43. The molecule has 17 heavy (non-hydrogen) atoms. The second kappa shape index (κ2) is 5.85. The van der Waals surface area contributed by atoms with Crippen LogP contribution in [-0.2, 0) is 6.42 Å². The molecule has 0 aliphatic heterocycles. The molecule has 2 atom stereocenters. The van der Waals surface area contributed by atoms with Crippen LogP contribution in [0.1, 0.15) is 64.2 Å². The van der Waals surface area contributed by atoms with Gasteiger partial charge in [-0.25, -0.2) is 0 Å². The Morgan fingerprint density at radius 2 is 2.06 bits per heavy atom. The predicted molar refractivity (Wildman–Crippen MR) is 70.3 cm³/mol. The maximum Gasteiger partial charge on any atom is 0.225 e. The van der Waals surface area contributed by atoms with Crippen molar-refractivity contribution in [2.75, 3.05) is 0 Å². The first-order valence-electron chi connectivity index (χ1n) is 6.81. The quantitative estimate of drug-likeness (QED) is 0.764. The average Bonchev–Trinajstić information content (AvgIpc) is 2.53. The standard InChI is InChI=1S/C13H22ClN3/c1-3-5-12-15-16-13(14)17(12)11-7-4-6-10(2)8-9-11/h10-11H,3-9H2,1-2H3. The number of halogens is 1. The van der Waals surface area contributed by atoms with Crippen LogP contribution in [0.25, 0.3) is 0 Å². The summed E-state index contributed by atoms with van der Waals surface area (Å²) in [5.74, 6) is 1.92. The van der Waals surface area contributed by atoms with Crippen LogP contribution in [0.15, 0.2) is 0 Å². The molecule has 2 unspecified atom stereocenters. The fourth-order valence-corrected chi connectivity index (χ4v) is 3.06. The molecule has 96 valence electrons. The summed E-state index contributed by atoms with van der Waals surface area (Å²) in [7, 11) is 0. The van der Waals surface area contributed by atoms with Gasteiger partial charge in [0.15, 0.2) is 0 Å². The summed E-state index contributed by atoms with van der Waals surface area (Å²) >= 11 is 6.19. The number of aryl methyl sites for hydroxylation is 1. The lowest BCUT2D eigenvalue weighted by molar-refractivity contribution is 0.420. The molecule has 0 radical (unpaired) electrons. The van der Waals surface area contributed by atoms with Crippen molar-refractivity contribution in [1.29, 1.82) is 0 Å².